The van der Waals surface area contributed by atoms with Gasteiger partial charge in [-0.2, -0.15) is 13.2 Å². The predicted molar refractivity (Wildman–Crippen MR) is 62.2 cm³/mol. The van der Waals surface area contributed by atoms with Gasteiger partial charge in [0.05, 0.1) is 6.54 Å². The number of nitrogens with zero attached hydrogens (tertiary/aromatic N) is 2. The Morgan fingerprint density at radius 1 is 1.33 bits per heavy atom. The summed E-state index contributed by atoms with van der Waals surface area (Å²) < 4.78 is 37.1. The largest absolute Gasteiger partial charge is 0.406 e. The van der Waals surface area contributed by atoms with Crippen molar-refractivity contribution in [1.82, 2.24) is 15.1 Å². The Morgan fingerprint density at radius 3 is 2.44 bits per heavy atom. The van der Waals surface area contributed by atoms with E-state index in [1.807, 2.05) is 4.90 Å². The lowest BCUT2D eigenvalue weighted by Gasteiger charge is -2.30. The van der Waals surface area contributed by atoms with Crippen molar-refractivity contribution in [3.05, 3.63) is 0 Å². The Balaban J connectivity index is 2.47. The molecule has 0 aromatic heterocycles. The lowest BCUT2D eigenvalue weighted by atomic mass is 10.3. The number of piperazine rings is 1. The van der Waals surface area contributed by atoms with Crippen molar-refractivity contribution in [3.63, 3.8) is 0 Å². The summed E-state index contributed by atoms with van der Waals surface area (Å²) in [5, 5.41) is 3.13. The van der Waals surface area contributed by atoms with E-state index in [1.165, 1.54) is 0 Å². The summed E-state index contributed by atoms with van der Waals surface area (Å²) in [6.07, 6.45) is -3.79. The average Bonchev–Trinajstić information content (AvgIpc) is 2.28. The zero-order valence-corrected chi connectivity index (χ0v) is 10.6. The first-order valence-electron chi connectivity index (χ1n) is 6.20. The highest BCUT2D eigenvalue weighted by molar-refractivity contribution is 5.78. The molecule has 0 unspecified atom stereocenters. The molecule has 0 bridgehead atoms. The van der Waals surface area contributed by atoms with Gasteiger partial charge in [-0.1, -0.05) is 6.92 Å². The van der Waals surface area contributed by atoms with E-state index >= 15 is 0 Å². The quantitative estimate of drug-likeness (QED) is 0.796. The second kappa shape index (κ2) is 6.94. The fourth-order valence-corrected chi connectivity index (χ4v) is 1.94. The highest BCUT2D eigenvalue weighted by Crippen LogP contribution is 2.17. The summed E-state index contributed by atoms with van der Waals surface area (Å²) in [6.45, 7) is 3.82. The zero-order valence-electron chi connectivity index (χ0n) is 10.6. The Morgan fingerprint density at radius 2 is 1.94 bits per heavy atom. The van der Waals surface area contributed by atoms with Crippen molar-refractivity contribution in [2.75, 3.05) is 45.8 Å². The Bertz CT molecular complexity index is 265. The molecule has 1 fully saturated rings. The predicted octanol–water partition coefficient (Wildman–Crippen LogP) is 0.693. The van der Waals surface area contributed by atoms with Crippen LogP contribution in [0.15, 0.2) is 0 Å². The van der Waals surface area contributed by atoms with E-state index in [0.717, 1.165) is 18.0 Å². The summed E-state index contributed by atoms with van der Waals surface area (Å²) in [4.78, 5) is 14.6. The first kappa shape index (κ1) is 15.2. The van der Waals surface area contributed by atoms with Gasteiger partial charge >= 0.3 is 6.18 Å². The van der Waals surface area contributed by atoms with Crippen LogP contribution in [0.4, 0.5) is 13.2 Å². The number of alkyl halides is 3. The Hall–Kier alpha value is -0.820. The lowest BCUT2D eigenvalue weighted by molar-refractivity contribution is -0.162. The number of amides is 1. The fourth-order valence-electron chi connectivity index (χ4n) is 1.94. The Kier molecular flexibility index (Phi) is 5.87. The van der Waals surface area contributed by atoms with Crippen molar-refractivity contribution in [3.8, 4) is 0 Å². The fraction of sp³-hybridized carbons (Fsp3) is 0.909. The smallest absolute Gasteiger partial charge is 0.332 e. The van der Waals surface area contributed by atoms with Gasteiger partial charge in [0.25, 0.3) is 0 Å². The van der Waals surface area contributed by atoms with Gasteiger partial charge in [-0.15, -0.1) is 0 Å². The van der Waals surface area contributed by atoms with E-state index in [2.05, 4.69) is 5.32 Å². The maximum absolute atomic E-state index is 12.4. The van der Waals surface area contributed by atoms with Crippen molar-refractivity contribution in [2.45, 2.75) is 19.5 Å². The molecule has 1 heterocycles. The Labute approximate surface area is 105 Å². The van der Waals surface area contributed by atoms with Crippen LogP contribution in [0, 0.1) is 0 Å². The van der Waals surface area contributed by atoms with Crippen LogP contribution in [0.3, 0.4) is 0 Å². The number of nitrogens with one attached hydrogen (secondary N) is 1. The highest BCUT2D eigenvalue weighted by Gasteiger charge is 2.33. The van der Waals surface area contributed by atoms with Gasteiger partial charge in [0, 0.05) is 32.7 Å². The average molecular weight is 267 g/mol. The minimum atomic E-state index is -4.33. The molecule has 1 rings (SSSR count). The van der Waals surface area contributed by atoms with Crippen molar-refractivity contribution in [2.24, 2.45) is 0 Å². The minimum Gasteiger partial charge on any atom is -0.332 e. The molecule has 0 spiro atoms. The SMILES string of the molecule is CCCN(CC(F)(F)F)C(=O)CN1CCNCC1. The number of halogens is 3. The summed E-state index contributed by atoms with van der Waals surface area (Å²) in [7, 11) is 0. The number of carbonyl (C=O) groups is 1. The van der Waals surface area contributed by atoms with Crippen LogP contribution < -0.4 is 5.32 Å². The normalized spacial score (nSPS) is 17.8. The second-order valence-corrected chi connectivity index (χ2v) is 4.46. The summed E-state index contributed by atoms with van der Waals surface area (Å²) in [5.41, 5.74) is 0. The molecule has 0 aliphatic carbocycles. The maximum Gasteiger partial charge on any atom is 0.406 e. The number of hydrogen-bond donors (Lipinski definition) is 1. The van der Waals surface area contributed by atoms with Gasteiger partial charge in [0.15, 0.2) is 0 Å². The highest BCUT2D eigenvalue weighted by atomic mass is 19.4. The molecular formula is C11H20F3N3O. The van der Waals surface area contributed by atoms with E-state index in [9.17, 15) is 18.0 Å². The van der Waals surface area contributed by atoms with Crippen LogP contribution in [-0.4, -0.2) is 67.7 Å². The molecule has 7 heteroatoms. The number of hydrogen-bond acceptors (Lipinski definition) is 3. The minimum absolute atomic E-state index is 0.0811. The molecule has 0 saturated carbocycles. The molecule has 106 valence electrons. The van der Waals surface area contributed by atoms with Crippen molar-refractivity contribution >= 4 is 5.91 Å². The molecule has 0 atom stereocenters. The van der Waals surface area contributed by atoms with Gasteiger partial charge < -0.3 is 10.2 Å². The lowest BCUT2D eigenvalue weighted by Crippen LogP contribution is -2.50. The molecular weight excluding hydrogens is 247 g/mol. The monoisotopic (exact) mass is 267 g/mol. The molecule has 1 aliphatic heterocycles. The van der Waals surface area contributed by atoms with Gasteiger partial charge in [0.1, 0.15) is 6.54 Å². The second-order valence-electron chi connectivity index (χ2n) is 4.46. The van der Waals surface area contributed by atoms with Gasteiger partial charge in [-0.25, -0.2) is 0 Å². The van der Waals surface area contributed by atoms with E-state index in [0.29, 0.717) is 19.5 Å². The van der Waals surface area contributed by atoms with Gasteiger partial charge in [-0.3, -0.25) is 9.69 Å². The first-order valence-corrected chi connectivity index (χ1v) is 6.20. The molecule has 4 nitrogen and oxygen atoms in total. The first-order chi connectivity index (χ1) is 8.42. The third kappa shape index (κ3) is 5.68. The van der Waals surface area contributed by atoms with Gasteiger partial charge in [-0.05, 0) is 6.42 Å². The standard InChI is InChI=1S/C11H20F3N3O/c1-2-5-17(9-11(12,13)14)10(18)8-16-6-3-15-4-7-16/h15H,2-9H2,1H3. The zero-order chi connectivity index (χ0) is 13.6. The number of carbonyl (C=O) groups excluding carboxylic acids is 1. The topological polar surface area (TPSA) is 35.6 Å². The molecule has 18 heavy (non-hydrogen) atoms. The van der Waals surface area contributed by atoms with E-state index in [-0.39, 0.29) is 13.1 Å². The molecule has 1 saturated heterocycles. The van der Waals surface area contributed by atoms with Crippen LogP contribution >= 0.6 is 0 Å². The molecule has 1 amide bonds. The van der Waals surface area contributed by atoms with Crippen LogP contribution in [0.1, 0.15) is 13.3 Å². The maximum atomic E-state index is 12.4. The molecule has 0 aromatic rings. The summed E-state index contributed by atoms with van der Waals surface area (Å²) in [6, 6.07) is 0. The third-order valence-electron chi connectivity index (χ3n) is 2.78. The summed E-state index contributed by atoms with van der Waals surface area (Å²) in [5.74, 6) is -0.434. The van der Waals surface area contributed by atoms with Crippen LogP contribution in [-0.2, 0) is 4.79 Å². The van der Waals surface area contributed by atoms with Crippen molar-refractivity contribution in [1.29, 1.82) is 0 Å². The van der Waals surface area contributed by atoms with Crippen LogP contribution in [0.25, 0.3) is 0 Å². The summed E-state index contributed by atoms with van der Waals surface area (Å²) >= 11 is 0. The van der Waals surface area contributed by atoms with Gasteiger partial charge in [0.2, 0.25) is 5.91 Å². The van der Waals surface area contributed by atoms with E-state index in [1.54, 1.807) is 6.92 Å². The third-order valence-corrected chi connectivity index (χ3v) is 2.78. The van der Waals surface area contributed by atoms with Crippen LogP contribution in [0.2, 0.25) is 0 Å². The van der Waals surface area contributed by atoms with Crippen LogP contribution in [0.5, 0.6) is 0 Å². The van der Waals surface area contributed by atoms with E-state index < -0.39 is 18.6 Å². The molecule has 1 N–H and O–H groups in total. The van der Waals surface area contributed by atoms with E-state index in [4.69, 9.17) is 0 Å². The molecule has 1 aliphatic rings. The molecule has 0 aromatic carbocycles. The molecule has 0 radical (unpaired) electrons. The van der Waals surface area contributed by atoms with Crippen molar-refractivity contribution < 1.29 is 18.0 Å². The number of rotatable bonds is 5.